The van der Waals surface area contributed by atoms with Crippen molar-refractivity contribution in [3.05, 3.63) is 11.6 Å². The molecule has 0 radical (unpaired) electrons. The second-order valence-electron chi connectivity index (χ2n) is 13.0. The van der Waals surface area contributed by atoms with E-state index in [0.717, 1.165) is 12.8 Å². The maximum atomic E-state index is 12.3. The first-order chi connectivity index (χ1) is 14.8. The minimum Gasteiger partial charge on any atom is -0.462 e. The van der Waals surface area contributed by atoms with E-state index >= 15 is 0 Å². The molecule has 9 atom stereocenters. The summed E-state index contributed by atoms with van der Waals surface area (Å²) in [5, 5.41) is 11.1. The Hall–Kier alpha value is -1.36. The van der Waals surface area contributed by atoms with Crippen LogP contribution in [0.5, 0.6) is 0 Å². The number of aliphatic hydroxyl groups is 1. The molecule has 5 aliphatic rings. The number of carbonyl (C=O) groups excluding carboxylic acids is 2. The minimum atomic E-state index is -0.675. The van der Waals surface area contributed by atoms with Crippen LogP contribution in [0.2, 0.25) is 0 Å². The van der Waals surface area contributed by atoms with Gasteiger partial charge in [-0.25, -0.2) is 4.79 Å². The summed E-state index contributed by atoms with van der Waals surface area (Å²) < 4.78 is 11.9. The molecular weight excluding hydrogens is 404 g/mol. The first kappa shape index (κ1) is 22.4. The molecule has 5 heteroatoms. The fraction of sp³-hybridized carbons (Fsp3) is 0.852. The van der Waals surface area contributed by atoms with Gasteiger partial charge in [-0.05, 0) is 72.5 Å². The molecule has 1 N–H and O–H groups in total. The topological polar surface area (TPSA) is 72.8 Å². The lowest BCUT2D eigenvalue weighted by Crippen LogP contribution is -2.69. The monoisotopic (exact) mass is 444 g/mol. The molecule has 4 aliphatic carbocycles. The summed E-state index contributed by atoms with van der Waals surface area (Å²) in [5.74, 6) is 0.512. The molecule has 0 saturated heterocycles. The lowest BCUT2D eigenvalue weighted by Gasteiger charge is -2.70. The lowest BCUT2D eigenvalue weighted by atomic mass is 9.35. The van der Waals surface area contributed by atoms with Crippen molar-refractivity contribution in [1.82, 2.24) is 0 Å². The van der Waals surface area contributed by atoms with E-state index in [1.165, 1.54) is 38.7 Å². The Morgan fingerprint density at radius 1 is 1.03 bits per heavy atom. The van der Waals surface area contributed by atoms with Crippen LogP contribution in [-0.4, -0.2) is 35.4 Å². The second kappa shape index (κ2) is 6.84. The van der Waals surface area contributed by atoms with Crippen LogP contribution in [0, 0.1) is 39.4 Å². The van der Waals surface area contributed by atoms with Gasteiger partial charge in [-0.2, -0.15) is 0 Å². The molecule has 5 nitrogen and oxygen atoms in total. The molecule has 1 aliphatic heterocycles. The Labute approximate surface area is 192 Å². The van der Waals surface area contributed by atoms with Crippen molar-refractivity contribution in [3.63, 3.8) is 0 Å². The van der Waals surface area contributed by atoms with Crippen molar-refractivity contribution in [2.75, 3.05) is 0 Å². The van der Waals surface area contributed by atoms with E-state index in [4.69, 9.17) is 9.47 Å². The van der Waals surface area contributed by atoms with Crippen LogP contribution in [0.25, 0.3) is 0 Å². The van der Waals surface area contributed by atoms with E-state index in [1.807, 2.05) is 0 Å². The highest BCUT2D eigenvalue weighted by atomic mass is 16.6. The van der Waals surface area contributed by atoms with Gasteiger partial charge in [0.25, 0.3) is 0 Å². The normalized spacial score (nSPS) is 51.3. The Bertz CT molecular complexity index is 875. The zero-order valence-corrected chi connectivity index (χ0v) is 20.6. The molecular formula is C27H40O5. The first-order valence-electron chi connectivity index (χ1n) is 12.6. The molecule has 0 aromatic heterocycles. The van der Waals surface area contributed by atoms with Gasteiger partial charge in [-0.3, -0.25) is 4.79 Å². The van der Waals surface area contributed by atoms with Gasteiger partial charge >= 0.3 is 11.9 Å². The zero-order chi connectivity index (χ0) is 23.3. The van der Waals surface area contributed by atoms with Crippen molar-refractivity contribution in [1.29, 1.82) is 0 Å². The summed E-state index contributed by atoms with van der Waals surface area (Å²) in [5.41, 5.74) is 0.649. The van der Waals surface area contributed by atoms with E-state index in [-0.39, 0.29) is 34.8 Å². The van der Waals surface area contributed by atoms with Gasteiger partial charge in [0.15, 0.2) is 0 Å². The average Bonchev–Trinajstić information content (AvgIpc) is 3.08. The van der Waals surface area contributed by atoms with Crippen LogP contribution in [0.3, 0.4) is 0 Å². The molecule has 178 valence electrons. The van der Waals surface area contributed by atoms with E-state index in [1.54, 1.807) is 0 Å². The minimum absolute atomic E-state index is 0.00553. The fourth-order valence-corrected chi connectivity index (χ4v) is 9.84. The third-order valence-electron chi connectivity index (χ3n) is 11.1. The number of carbonyl (C=O) groups is 2. The Morgan fingerprint density at radius 2 is 1.72 bits per heavy atom. The van der Waals surface area contributed by atoms with Crippen molar-refractivity contribution in [2.45, 2.75) is 105 Å². The predicted octanol–water partition coefficient (Wildman–Crippen LogP) is 4.81. The maximum absolute atomic E-state index is 12.3. The van der Waals surface area contributed by atoms with Gasteiger partial charge in [0.05, 0.1) is 6.10 Å². The fourth-order valence-electron chi connectivity index (χ4n) is 9.84. The number of hydrogen-bond donors (Lipinski definition) is 1. The summed E-state index contributed by atoms with van der Waals surface area (Å²) in [6.45, 7) is 13.4. The summed E-state index contributed by atoms with van der Waals surface area (Å²) in [6, 6.07) is 0. The molecule has 32 heavy (non-hydrogen) atoms. The van der Waals surface area contributed by atoms with Crippen LogP contribution < -0.4 is 0 Å². The number of esters is 2. The smallest absolute Gasteiger partial charge is 0.331 e. The molecule has 4 saturated carbocycles. The second-order valence-corrected chi connectivity index (χ2v) is 13.0. The van der Waals surface area contributed by atoms with Gasteiger partial charge < -0.3 is 14.6 Å². The van der Waals surface area contributed by atoms with E-state index in [0.29, 0.717) is 29.2 Å². The molecule has 1 heterocycles. The number of aliphatic hydroxyl groups excluding tert-OH is 1. The molecule has 4 fully saturated rings. The van der Waals surface area contributed by atoms with Gasteiger partial charge in [-0.15, -0.1) is 0 Å². The van der Waals surface area contributed by atoms with Crippen LogP contribution in [0.15, 0.2) is 11.6 Å². The number of ether oxygens (including phenoxy) is 2. The lowest BCUT2D eigenvalue weighted by molar-refractivity contribution is -0.258. The number of fused-ring (bicyclic) bond motifs is 7. The van der Waals surface area contributed by atoms with Crippen molar-refractivity contribution >= 4 is 11.9 Å². The number of hydrogen-bond acceptors (Lipinski definition) is 5. The summed E-state index contributed by atoms with van der Waals surface area (Å²) in [4.78, 5) is 24.5. The van der Waals surface area contributed by atoms with Gasteiger partial charge in [0.2, 0.25) is 0 Å². The molecule has 1 unspecified atom stereocenters. The zero-order valence-electron chi connectivity index (χ0n) is 20.6. The Morgan fingerprint density at radius 3 is 2.41 bits per heavy atom. The summed E-state index contributed by atoms with van der Waals surface area (Å²) in [7, 11) is 0. The molecule has 0 spiro atoms. The molecule has 0 amide bonds. The predicted molar refractivity (Wildman–Crippen MR) is 120 cm³/mol. The molecule has 0 aromatic carbocycles. The SMILES string of the molecule is CC(=O)O[C@H]1C[C@H]2[C@@](C)(CCC3C(C)(C)CCC[C@@]32C)[C@@H]2C[C@H](O)C3=CC(=O)O[C@@H]3[C@@]12C. The largest absolute Gasteiger partial charge is 0.462 e. The quantitative estimate of drug-likeness (QED) is 0.588. The van der Waals surface area contributed by atoms with Crippen LogP contribution in [0.1, 0.15) is 86.5 Å². The van der Waals surface area contributed by atoms with E-state index < -0.39 is 17.6 Å². The molecule has 0 aromatic rings. The van der Waals surface area contributed by atoms with Crippen molar-refractivity contribution in [3.8, 4) is 0 Å². The highest BCUT2D eigenvalue weighted by Gasteiger charge is 2.71. The van der Waals surface area contributed by atoms with Crippen LogP contribution in [-0.2, 0) is 19.1 Å². The van der Waals surface area contributed by atoms with Crippen molar-refractivity contribution < 1.29 is 24.2 Å². The first-order valence-corrected chi connectivity index (χ1v) is 12.6. The van der Waals surface area contributed by atoms with Crippen LogP contribution >= 0.6 is 0 Å². The van der Waals surface area contributed by atoms with Crippen molar-refractivity contribution in [2.24, 2.45) is 39.4 Å². The average molecular weight is 445 g/mol. The number of rotatable bonds is 1. The standard InChI is InChI=1S/C27H40O5/c1-15(28)31-21-14-19-25(4)10-7-9-24(2,3)18(25)8-11-26(19,5)20-13-17(29)16-12-22(30)32-23(16)27(20,21)6/h12,17-21,23,29H,7-11,13-14H2,1-6H3/t17-,18?,19+,20-,21-,23-,25-,26+,27+/m0/s1. The van der Waals surface area contributed by atoms with Gasteiger partial charge in [0.1, 0.15) is 12.2 Å². The van der Waals surface area contributed by atoms with Gasteiger partial charge in [-0.1, -0.05) is 41.0 Å². The molecule has 0 bridgehead atoms. The van der Waals surface area contributed by atoms with E-state index in [9.17, 15) is 14.7 Å². The highest BCUT2D eigenvalue weighted by Crippen LogP contribution is 2.73. The third kappa shape index (κ3) is 2.78. The molecule has 5 rings (SSSR count). The summed E-state index contributed by atoms with van der Waals surface area (Å²) in [6.07, 6.45) is 7.40. The Kier molecular flexibility index (Phi) is 4.79. The summed E-state index contributed by atoms with van der Waals surface area (Å²) >= 11 is 0. The third-order valence-corrected chi connectivity index (χ3v) is 11.1. The van der Waals surface area contributed by atoms with Crippen LogP contribution in [0.4, 0.5) is 0 Å². The Balaban J connectivity index is 1.63. The van der Waals surface area contributed by atoms with E-state index in [2.05, 4.69) is 34.6 Å². The highest BCUT2D eigenvalue weighted by molar-refractivity contribution is 5.86. The maximum Gasteiger partial charge on any atom is 0.331 e. The van der Waals surface area contributed by atoms with Gasteiger partial charge in [0, 0.05) is 24.0 Å².